The van der Waals surface area contributed by atoms with Gasteiger partial charge in [0.25, 0.3) is 0 Å². The third kappa shape index (κ3) is 4.89. The molecule has 0 N–H and O–H groups in total. The van der Waals surface area contributed by atoms with Crippen LogP contribution in [0.3, 0.4) is 0 Å². The van der Waals surface area contributed by atoms with Gasteiger partial charge in [0, 0.05) is 16.6 Å². The minimum absolute atomic E-state index is 0.0412. The third-order valence-electron chi connectivity index (χ3n) is 4.36. The van der Waals surface area contributed by atoms with E-state index in [0.29, 0.717) is 0 Å². The third-order valence-corrected chi connectivity index (χ3v) is 4.36. The van der Waals surface area contributed by atoms with E-state index in [1.165, 1.54) is 28.7 Å². The predicted octanol–water partition coefficient (Wildman–Crippen LogP) is 6.80. The SMILES string of the molecule is CC(C)(C)C#CC1=C(C=C=C(c2ccccc2)c2ccccc2)CCC1. The molecule has 3 rings (SSSR count). The van der Waals surface area contributed by atoms with Crippen LogP contribution in [-0.4, -0.2) is 0 Å². The largest absolute Gasteiger partial charge is 0.111 e. The van der Waals surface area contributed by atoms with Gasteiger partial charge in [-0.15, -0.1) is 5.73 Å². The van der Waals surface area contributed by atoms with E-state index in [1.807, 2.05) is 0 Å². The van der Waals surface area contributed by atoms with Crippen molar-refractivity contribution < 1.29 is 0 Å². The Morgan fingerprint density at radius 3 is 1.96 bits per heavy atom. The van der Waals surface area contributed by atoms with Crippen molar-refractivity contribution in [2.45, 2.75) is 40.0 Å². The topological polar surface area (TPSA) is 0 Å². The highest BCUT2D eigenvalue weighted by atomic mass is 14.2. The Labute approximate surface area is 158 Å². The van der Waals surface area contributed by atoms with Gasteiger partial charge in [-0.05, 0) is 62.8 Å². The van der Waals surface area contributed by atoms with Crippen LogP contribution in [0.1, 0.15) is 51.2 Å². The Kier molecular flexibility index (Phi) is 5.62. The molecule has 130 valence electrons. The van der Waals surface area contributed by atoms with Crippen molar-refractivity contribution in [2.75, 3.05) is 0 Å². The van der Waals surface area contributed by atoms with Crippen molar-refractivity contribution in [3.05, 3.63) is 94.7 Å². The van der Waals surface area contributed by atoms with Crippen LogP contribution < -0.4 is 0 Å². The lowest BCUT2D eigenvalue weighted by atomic mass is 9.96. The maximum absolute atomic E-state index is 3.59. The molecule has 0 heteroatoms. The van der Waals surface area contributed by atoms with Crippen molar-refractivity contribution in [2.24, 2.45) is 5.41 Å². The highest BCUT2D eigenvalue weighted by molar-refractivity contribution is 5.79. The molecule has 2 aromatic carbocycles. The molecule has 1 aliphatic carbocycles. The van der Waals surface area contributed by atoms with Crippen molar-refractivity contribution in [1.82, 2.24) is 0 Å². The molecule has 2 aromatic rings. The summed E-state index contributed by atoms with van der Waals surface area (Å²) in [5.41, 5.74) is 9.77. The molecular weight excluding hydrogens is 312 g/mol. The fourth-order valence-electron chi connectivity index (χ4n) is 3.03. The zero-order valence-electron chi connectivity index (χ0n) is 16.0. The highest BCUT2D eigenvalue weighted by Crippen LogP contribution is 2.28. The second-order valence-corrected chi connectivity index (χ2v) is 7.75. The molecule has 0 amide bonds. The molecule has 0 radical (unpaired) electrons. The molecule has 0 saturated heterocycles. The number of hydrogen-bond acceptors (Lipinski definition) is 0. The summed E-state index contributed by atoms with van der Waals surface area (Å²) in [6, 6.07) is 21.0. The standard InChI is InChI=1S/C26H26/c1-26(2,3)20-19-22-16-10-15-21(22)17-18-25(23-11-6-4-7-12-23)24-13-8-5-9-14-24/h4-9,11-14,17H,10,15-16H2,1-3H3. The zero-order chi connectivity index (χ0) is 18.4. The fourth-order valence-corrected chi connectivity index (χ4v) is 3.03. The van der Waals surface area contributed by atoms with Crippen LogP contribution >= 0.6 is 0 Å². The van der Waals surface area contributed by atoms with E-state index in [9.17, 15) is 0 Å². The summed E-state index contributed by atoms with van der Waals surface area (Å²) in [6.45, 7) is 6.48. The predicted molar refractivity (Wildman–Crippen MR) is 112 cm³/mol. The van der Waals surface area contributed by atoms with Crippen molar-refractivity contribution in [3.8, 4) is 11.8 Å². The molecule has 0 fully saturated rings. The van der Waals surface area contributed by atoms with Crippen molar-refractivity contribution in [1.29, 1.82) is 0 Å². The number of hydrogen-bond donors (Lipinski definition) is 0. The summed E-state index contributed by atoms with van der Waals surface area (Å²) in [5.74, 6) is 6.81. The van der Waals surface area contributed by atoms with Crippen LogP contribution in [0.2, 0.25) is 0 Å². The van der Waals surface area contributed by atoms with Crippen LogP contribution in [0.15, 0.2) is 83.6 Å². The summed E-state index contributed by atoms with van der Waals surface area (Å²) < 4.78 is 0. The monoisotopic (exact) mass is 338 g/mol. The summed E-state index contributed by atoms with van der Waals surface area (Å²) in [7, 11) is 0. The Balaban J connectivity index is 2.06. The lowest BCUT2D eigenvalue weighted by Gasteiger charge is -2.07. The lowest BCUT2D eigenvalue weighted by Crippen LogP contribution is -1.99. The molecule has 0 unspecified atom stereocenters. The smallest absolute Gasteiger partial charge is 0.0309 e. The maximum Gasteiger partial charge on any atom is 0.0309 e. The van der Waals surface area contributed by atoms with Gasteiger partial charge in [0.15, 0.2) is 0 Å². The molecule has 0 bridgehead atoms. The molecule has 0 atom stereocenters. The Hall–Kier alpha value is -2.74. The van der Waals surface area contributed by atoms with Gasteiger partial charge in [-0.25, -0.2) is 0 Å². The second-order valence-electron chi connectivity index (χ2n) is 7.75. The summed E-state index contributed by atoms with van der Waals surface area (Å²) in [6.07, 6.45) is 5.53. The first kappa shape index (κ1) is 18.1. The van der Waals surface area contributed by atoms with Crippen LogP contribution in [-0.2, 0) is 0 Å². The van der Waals surface area contributed by atoms with E-state index in [-0.39, 0.29) is 5.41 Å². The van der Waals surface area contributed by atoms with Crippen LogP contribution in [0, 0.1) is 17.3 Å². The molecule has 1 aliphatic rings. The molecule has 0 aliphatic heterocycles. The lowest BCUT2D eigenvalue weighted by molar-refractivity contribution is 0.571. The summed E-state index contributed by atoms with van der Waals surface area (Å²) in [4.78, 5) is 0. The van der Waals surface area contributed by atoms with Gasteiger partial charge in [-0.3, -0.25) is 0 Å². The Bertz CT molecular complexity index is 859. The average molecular weight is 338 g/mol. The summed E-state index contributed by atoms with van der Waals surface area (Å²) >= 11 is 0. The van der Waals surface area contributed by atoms with Gasteiger partial charge in [0.05, 0.1) is 0 Å². The molecule has 0 spiro atoms. The van der Waals surface area contributed by atoms with Gasteiger partial charge in [-0.2, -0.15) is 0 Å². The zero-order valence-corrected chi connectivity index (χ0v) is 16.0. The van der Waals surface area contributed by atoms with Crippen molar-refractivity contribution >= 4 is 5.57 Å². The van der Waals surface area contributed by atoms with E-state index in [1.54, 1.807) is 0 Å². The van der Waals surface area contributed by atoms with Crippen LogP contribution in [0.5, 0.6) is 0 Å². The molecule has 0 heterocycles. The van der Waals surface area contributed by atoms with Crippen molar-refractivity contribution in [3.63, 3.8) is 0 Å². The highest BCUT2D eigenvalue weighted by Gasteiger charge is 2.12. The van der Waals surface area contributed by atoms with E-state index in [0.717, 1.165) is 18.4 Å². The minimum Gasteiger partial charge on any atom is -0.111 e. The molecule has 0 saturated carbocycles. The van der Waals surface area contributed by atoms with E-state index >= 15 is 0 Å². The van der Waals surface area contributed by atoms with E-state index in [2.05, 4.69) is 105 Å². The van der Waals surface area contributed by atoms with Crippen LogP contribution in [0.4, 0.5) is 0 Å². The Morgan fingerprint density at radius 2 is 1.42 bits per heavy atom. The quantitative estimate of drug-likeness (QED) is 0.426. The first-order valence-electron chi connectivity index (χ1n) is 9.36. The maximum atomic E-state index is 3.59. The summed E-state index contributed by atoms with van der Waals surface area (Å²) in [5, 5.41) is 0. The van der Waals surface area contributed by atoms with Gasteiger partial charge in [0.2, 0.25) is 0 Å². The van der Waals surface area contributed by atoms with Crippen LogP contribution in [0.25, 0.3) is 5.57 Å². The first-order chi connectivity index (χ1) is 12.5. The second kappa shape index (κ2) is 8.09. The average Bonchev–Trinajstić information content (AvgIpc) is 3.09. The van der Waals surface area contributed by atoms with E-state index < -0.39 is 0 Å². The molecule has 0 nitrogen and oxygen atoms in total. The van der Waals surface area contributed by atoms with Gasteiger partial charge in [-0.1, -0.05) is 72.5 Å². The minimum atomic E-state index is 0.0412. The van der Waals surface area contributed by atoms with Gasteiger partial charge < -0.3 is 0 Å². The van der Waals surface area contributed by atoms with Gasteiger partial charge >= 0.3 is 0 Å². The molecule has 26 heavy (non-hydrogen) atoms. The normalized spacial score (nSPS) is 13.7. The first-order valence-corrected chi connectivity index (χ1v) is 9.36. The fraction of sp³-hybridized carbons (Fsp3) is 0.269. The van der Waals surface area contributed by atoms with Gasteiger partial charge in [0.1, 0.15) is 0 Å². The van der Waals surface area contributed by atoms with E-state index in [4.69, 9.17) is 0 Å². The molecule has 0 aromatic heterocycles. The number of rotatable bonds is 3. The number of benzene rings is 2. The Morgan fingerprint density at radius 1 is 0.846 bits per heavy atom. The number of allylic oxidation sites excluding steroid dienone is 3. The molecular formula is C26H26.